The van der Waals surface area contributed by atoms with Gasteiger partial charge in [0.1, 0.15) is 6.04 Å². The molecule has 0 bridgehead atoms. The summed E-state index contributed by atoms with van der Waals surface area (Å²) in [5.41, 5.74) is 6.12. The van der Waals surface area contributed by atoms with Crippen molar-refractivity contribution in [3.8, 4) is 6.07 Å². The Morgan fingerprint density at radius 3 is 2.90 bits per heavy atom. The van der Waals surface area contributed by atoms with E-state index < -0.39 is 6.04 Å². The summed E-state index contributed by atoms with van der Waals surface area (Å²) in [7, 11) is 0. The van der Waals surface area contributed by atoms with E-state index in [2.05, 4.69) is 0 Å². The first-order valence-corrected chi connectivity index (χ1v) is 3.89. The van der Waals surface area contributed by atoms with Crippen LogP contribution >= 0.6 is 22.9 Å². The van der Waals surface area contributed by atoms with Crippen molar-refractivity contribution in [3.05, 3.63) is 21.3 Å². The first-order chi connectivity index (χ1) is 4.75. The van der Waals surface area contributed by atoms with Gasteiger partial charge in [-0.2, -0.15) is 5.26 Å². The smallest absolute Gasteiger partial charge is 0.121 e. The van der Waals surface area contributed by atoms with Gasteiger partial charge in [0, 0.05) is 5.56 Å². The summed E-state index contributed by atoms with van der Waals surface area (Å²) >= 11 is 7.08. The van der Waals surface area contributed by atoms with Gasteiger partial charge in [0.25, 0.3) is 0 Å². The second-order valence-corrected chi connectivity index (χ2v) is 3.27. The second-order valence-electron chi connectivity index (χ2n) is 1.76. The van der Waals surface area contributed by atoms with Crippen molar-refractivity contribution in [2.75, 3.05) is 0 Å². The third kappa shape index (κ3) is 1.29. The standard InChI is InChI=1S/C6H5ClN2S/c7-6-4(1-2-10-6)5(9)3-8/h1-2,5H,9H2. The summed E-state index contributed by atoms with van der Waals surface area (Å²) in [4.78, 5) is 0. The van der Waals surface area contributed by atoms with Gasteiger partial charge in [-0.3, -0.25) is 0 Å². The predicted octanol–water partition coefficient (Wildman–Crippen LogP) is 1.92. The van der Waals surface area contributed by atoms with Gasteiger partial charge in [0.05, 0.1) is 10.4 Å². The SMILES string of the molecule is N#CC(N)c1ccsc1Cl. The van der Waals surface area contributed by atoms with Crippen LogP contribution in [0.1, 0.15) is 11.6 Å². The van der Waals surface area contributed by atoms with E-state index in [0.717, 1.165) is 0 Å². The molecule has 1 atom stereocenters. The maximum atomic E-state index is 8.40. The Hall–Kier alpha value is -0.560. The molecule has 52 valence electrons. The molecule has 0 spiro atoms. The van der Waals surface area contributed by atoms with Crippen LogP contribution in [0.15, 0.2) is 11.4 Å². The monoisotopic (exact) mass is 172 g/mol. The minimum Gasteiger partial charge on any atom is -0.312 e. The summed E-state index contributed by atoms with van der Waals surface area (Å²) in [6.07, 6.45) is 0. The second kappa shape index (κ2) is 3.02. The van der Waals surface area contributed by atoms with Crippen LogP contribution < -0.4 is 5.73 Å². The Balaban J connectivity index is 2.96. The Morgan fingerprint density at radius 2 is 2.50 bits per heavy atom. The Morgan fingerprint density at radius 1 is 1.80 bits per heavy atom. The van der Waals surface area contributed by atoms with Crippen LogP contribution in [-0.4, -0.2) is 0 Å². The van der Waals surface area contributed by atoms with Crippen LogP contribution in [0.25, 0.3) is 0 Å². The quantitative estimate of drug-likeness (QED) is 0.704. The van der Waals surface area contributed by atoms with Gasteiger partial charge in [0.15, 0.2) is 0 Å². The Labute approximate surface area is 67.8 Å². The highest BCUT2D eigenvalue weighted by molar-refractivity contribution is 7.14. The third-order valence-corrected chi connectivity index (χ3v) is 2.32. The van der Waals surface area contributed by atoms with Crippen molar-refractivity contribution < 1.29 is 0 Å². The molecule has 1 heterocycles. The zero-order valence-corrected chi connectivity index (χ0v) is 6.62. The van der Waals surface area contributed by atoms with Crippen LogP contribution in [-0.2, 0) is 0 Å². The maximum absolute atomic E-state index is 8.40. The fraction of sp³-hybridized carbons (Fsp3) is 0.167. The molecule has 2 N–H and O–H groups in total. The zero-order valence-electron chi connectivity index (χ0n) is 5.04. The number of nitrogens with zero attached hydrogens (tertiary/aromatic N) is 1. The van der Waals surface area contributed by atoms with Gasteiger partial charge in [0.2, 0.25) is 0 Å². The van der Waals surface area contributed by atoms with E-state index in [1.165, 1.54) is 11.3 Å². The van der Waals surface area contributed by atoms with Crippen LogP contribution in [0.2, 0.25) is 4.34 Å². The molecule has 0 amide bonds. The number of nitriles is 1. The minimum absolute atomic E-state index is 0.584. The van der Waals surface area contributed by atoms with E-state index in [0.29, 0.717) is 9.90 Å². The summed E-state index contributed by atoms with van der Waals surface area (Å²) in [6, 6.07) is 3.09. The molecule has 0 aliphatic rings. The molecular weight excluding hydrogens is 168 g/mol. The van der Waals surface area contributed by atoms with E-state index in [9.17, 15) is 0 Å². The molecule has 1 aromatic heterocycles. The number of hydrogen-bond acceptors (Lipinski definition) is 3. The van der Waals surface area contributed by atoms with E-state index in [-0.39, 0.29) is 0 Å². The van der Waals surface area contributed by atoms with E-state index in [4.69, 9.17) is 22.6 Å². The van der Waals surface area contributed by atoms with Crippen molar-refractivity contribution in [3.63, 3.8) is 0 Å². The van der Waals surface area contributed by atoms with E-state index in [1.807, 2.05) is 11.4 Å². The molecule has 0 radical (unpaired) electrons. The lowest BCUT2D eigenvalue weighted by Gasteiger charge is -1.97. The fourth-order valence-corrected chi connectivity index (χ4v) is 1.60. The number of rotatable bonds is 1. The zero-order chi connectivity index (χ0) is 7.56. The highest BCUT2D eigenvalue weighted by Gasteiger charge is 2.08. The molecule has 4 heteroatoms. The molecule has 0 aliphatic carbocycles. The van der Waals surface area contributed by atoms with Gasteiger partial charge in [-0.05, 0) is 11.4 Å². The lowest BCUT2D eigenvalue weighted by molar-refractivity contribution is 0.933. The average Bonchev–Trinajstić information content (AvgIpc) is 2.34. The summed E-state index contributed by atoms with van der Waals surface area (Å²) in [5, 5.41) is 10.2. The van der Waals surface area contributed by atoms with Crippen molar-refractivity contribution in [2.45, 2.75) is 6.04 Å². The van der Waals surface area contributed by atoms with E-state index >= 15 is 0 Å². The van der Waals surface area contributed by atoms with Crippen LogP contribution in [0.4, 0.5) is 0 Å². The van der Waals surface area contributed by atoms with Crippen molar-refractivity contribution in [2.24, 2.45) is 5.73 Å². The Kier molecular flexibility index (Phi) is 2.28. The van der Waals surface area contributed by atoms with Crippen molar-refractivity contribution >= 4 is 22.9 Å². The molecule has 0 aromatic carbocycles. The van der Waals surface area contributed by atoms with Gasteiger partial charge in [-0.25, -0.2) is 0 Å². The fourth-order valence-electron chi connectivity index (χ4n) is 0.596. The molecule has 0 saturated carbocycles. The van der Waals surface area contributed by atoms with Gasteiger partial charge in [-0.1, -0.05) is 11.6 Å². The predicted molar refractivity (Wildman–Crippen MR) is 41.9 cm³/mol. The lowest BCUT2D eigenvalue weighted by atomic mass is 10.2. The third-order valence-electron chi connectivity index (χ3n) is 1.12. The molecule has 0 saturated heterocycles. The average molecular weight is 173 g/mol. The summed E-state index contributed by atoms with van der Waals surface area (Å²) in [6.45, 7) is 0. The van der Waals surface area contributed by atoms with Crippen LogP contribution in [0.5, 0.6) is 0 Å². The molecule has 0 aliphatic heterocycles. The maximum Gasteiger partial charge on any atom is 0.121 e. The molecule has 1 rings (SSSR count). The van der Waals surface area contributed by atoms with Crippen molar-refractivity contribution in [1.82, 2.24) is 0 Å². The minimum atomic E-state index is -0.584. The van der Waals surface area contributed by atoms with Gasteiger partial charge >= 0.3 is 0 Å². The highest BCUT2D eigenvalue weighted by atomic mass is 35.5. The van der Waals surface area contributed by atoms with Gasteiger partial charge in [-0.15, -0.1) is 11.3 Å². The van der Waals surface area contributed by atoms with Crippen LogP contribution in [0.3, 0.4) is 0 Å². The summed E-state index contributed by atoms with van der Waals surface area (Å²) in [5.74, 6) is 0. The molecule has 1 unspecified atom stereocenters. The molecule has 10 heavy (non-hydrogen) atoms. The molecule has 1 aromatic rings. The molecule has 2 nitrogen and oxygen atoms in total. The number of nitrogens with two attached hydrogens (primary N) is 1. The van der Waals surface area contributed by atoms with Crippen molar-refractivity contribution in [1.29, 1.82) is 5.26 Å². The molecular formula is C6H5ClN2S. The topological polar surface area (TPSA) is 49.8 Å². The number of hydrogen-bond donors (Lipinski definition) is 1. The lowest BCUT2D eigenvalue weighted by Crippen LogP contribution is -2.05. The summed E-state index contributed by atoms with van der Waals surface area (Å²) < 4.78 is 0.606. The normalized spacial score (nSPS) is 12.5. The largest absolute Gasteiger partial charge is 0.312 e. The van der Waals surface area contributed by atoms with Crippen LogP contribution in [0, 0.1) is 11.3 Å². The number of halogens is 1. The Bertz CT molecular complexity index is 263. The first-order valence-electron chi connectivity index (χ1n) is 2.64. The molecule has 0 fully saturated rings. The number of thiophene rings is 1. The van der Waals surface area contributed by atoms with E-state index in [1.54, 1.807) is 6.07 Å². The van der Waals surface area contributed by atoms with Gasteiger partial charge < -0.3 is 5.73 Å². The highest BCUT2D eigenvalue weighted by Crippen LogP contribution is 2.26. The first kappa shape index (κ1) is 7.55.